The van der Waals surface area contributed by atoms with Crippen LogP contribution < -0.4 is 0 Å². The number of benzene rings is 1. The summed E-state index contributed by atoms with van der Waals surface area (Å²) < 4.78 is 1.86. The van der Waals surface area contributed by atoms with Gasteiger partial charge < -0.3 is 14.4 Å². The van der Waals surface area contributed by atoms with Crippen molar-refractivity contribution in [2.45, 2.75) is 32.8 Å². The zero-order valence-electron chi connectivity index (χ0n) is 15.9. The maximum absolute atomic E-state index is 13.0. The van der Waals surface area contributed by atoms with E-state index in [0.717, 1.165) is 29.0 Å². The van der Waals surface area contributed by atoms with Crippen molar-refractivity contribution in [1.29, 1.82) is 0 Å². The number of rotatable bonds is 7. The maximum atomic E-state index is 13.0. The van der Waals surface area contributed by atoms with Gasteiger partial charge in [-0.05, 0) is 37.6 Å². The van der Waals surface area contributed by atoms with Crippen LogP contribution in [0, 0.1) is 0 Å². The van der Waals surface area contributed by atoms with E-state index in [0.29, 0.717) is 23.1 Å². The van der Waals surface area contributed by atoms with E-state index >= 15 is 0 Å². The van der Waals surface area contributed by atoms with Gasteiger partial charge in [-0.25, -0.2) is 4.98 Å². The molecule has 0 fully saturated rings. The molecule has 0 radical (unpaired) electrons. The van der Waals surface area contributed by atoms with Gasteiger partial charge >= 0.3 is 0 Å². The Balaban J connectivity index is 2.04. The van der Waals surface area contributed by atoms with Crippen LogP contribution in [0.2, 0.25) is 10.0 Å². The number of hydrogen-bond acceptors (Lipinski definition) is 3. The minimum atomic E-state index is -0.581. The summed E-state index contributed by atoms with van der Waals surface area (Å²) >= 11 is 12.2. The molecule has 2 aromatic heterocycles. The Kier molecular flexibility index (Phi) is 6.60. The first-order valence-corrected chi connectivity index (χ1v) is 10.0. The standard InChI is InChI=1S/C21H23Cl2N3O2/c1-3-10-25(12-14(2)27)20(28)11-18-21(15-4-6-16(22)7-5-15)24-19-9-8-17(23)13-26(18)19/h4-9,13-14,27H,3,10-12H2,1-2H3. The number of aliphatic hydroxyl groups excluding tert-OH is 1. The SMILES string of the molecule is CCCN(CC(C)O)C(=O)Cc1c(-c2ccc(Cl)cc2)nc2ccc(Cl)cn12. The van der Waals surface area contributed by atoms with E-state index in [1.165, 1.54) is 0 Å². The lowest BCUT2D eigenvalue weighted by molar-refractivity contribution is -0.131. The number of fused-ring (bicyclic) bond motifs is 1. The van der Waals surface area contributed by atoms with Gasteiger partial charge in [-0.1, -0.05) is 42.3 Å². The van der Waals surface area contributed by atoms with E-state index in [9.17, 15) is 9.90 Å². The molecule has 0 aliphatic heterocycles. The molecule has 0 aliphatic carbocycles. The summed E-state index contributed by atoms with van der Waals surface area (Å²) in [7, 11) is 0. The van der Waals surface area contributed by atoms with Gasteiger partial charge in [0.05, 0.1) is 28.9 Å². The molecule has 0 spiro atoms. The number of aromatic nitrogens is 2. The van der Waals surface area contributed by atoms with Gasteiger partial charge in [-0.15, -0.1) is 0 Å². The topological polar surface area (TPSA) is 57.8 Å². The Hall–Kier alpha value is -2.08. The van der Waals surface area contributed by atoms with Crippen LogP contribution in [0.4, 0.5) is 0 Å². The fourth-order valence-corrected chi connectivity index (χ4v) is 3.52. The lowest BCUT2D eigenvalue weighted by Gasteiger charge is -2.23. The zero-order valence-corrected chi connectivity index (χ0v) is 17.4. The second kappa shape index (κ2) is 8.95. The Morgan fingerprint density at radius 1 is 1.18 bits per heavy atom. The fraction of sp³-hybridized carbons (Fsp3) is 0.333. The molecule has 1 N–H and O–H groups in total. The Bertz CT molecular complexity index is 968. The largest absolute Gasteiger partial charge is 0.392 e. The molecule has 7 heteroatoms. The molecule has 0 aliphatic rings. The molecule has 148 valence electrons. The van der Waals surface area contributed by atoms with Crippen molar-refractivity contribution in [3.63, 3.8) is 0 Å². The molecule has 28 heavy (non-hydrogen) atoms. The maximum Gasteiger partial charge on any atom is 0.228 e. The van der Waals surface area contributed by atoms with Gasteiger partial charge in [-0.3, -0.25) is 4.79 Å². The van der Waals surface area contributed by atoms with Crippen LogP contribution in [0.25, 0.3) is 16.9 Å². The summed E-state index contributed by atoms with van der Waals surface area (Å²) in [6, 6.07) is 11.0. The third kappa shape index (κ3) is 4.66. The van der Waals surface area contributed by atoms with Crippen LogP contribution in [0.1, 0.15) is 26.0 Å². The summed E-state index contributed by atoms with van der Waals surface area (Å²) in [6.45, 7) is 4.59. The average molecular weight is 420 g/mol. The first-order chi connectivity index (χ1) is 13.4. The van der Waals surface area contributed by atoms with Gasteiger partial charge in [0, 0.05) is 29.9 Å². The quantitative estimate of drug-likeness (QED) is 0.614. The minimum absolute atomic E-state index is 0.0558. The highest BCUT2D eigenvalue weighted by Crippen LogP contribution is 2.27. The molecular weight excluding hydrogens is 397 g/mol. The van der Waals surface area contributed by atoms with Crippen molar-refractivity contribution < 1.29 is 9.90 Å². The van der Waals surface area contributed by atoms with Gasteiger partial charge in [0.1, 0.15) is 5.65 Å². The summed E-state index contributed by atoms with van der Waals surface area (Å²) in [4.78, 5) is 19.4. The molecule has 5 nitrogen and oxygen atoms in total. The van der Waals surface area contributed by atoms with Crippen LogP contribution in [-0.4, -0.2) is 44.5 Å². The van der Waals surface area contributed by atoms with Crippen molar-refractivity contribution in [2.24, 2.45) is 0 Å². The fourth-order valence-electron chi connectivity index (χ4n) is 3.24. The number of halogens is 2. The molecule has 1 unspecified atom stereocenters. The van der Waals surface area contributed by atoms with E-state index < -0.39 is 6.10 Å². The first kappa shape index (κ1) is 20.6. The molecule has 0 bridgehead atoms. The van der Waals surface area contributed by atoms with Crippen LogP contribution in [0.3, 0.4) is 0 Å². The summed E-state index contributed by atoms with van der Waals surface area (Å²) in [5, 5.41) is 11.0. The summed E-state index contributed by atoms with van der Waals surface area (Å²) in [6.07, 6.45) is 2.17. The van der Waals surface area contributed by atoms with Gasteiger partial charge in [0.15, 0.2) is 0 Å². The lowest BCUT2D eigenvalue weighted by Crippen LogP contribution is -2.38. The van der Waals surface area contributed by atoms with Gasteiger partial charge in [0.2, 0.25) is 5.91 Å². The molecule has 1 aromatic carbocycles. The third-order valence-corrected chi connectivity index (χ3v) is 4.92. The van der Waals surface area contributed by atoms with Gasteiger partial charge in [-0.2, -0.15) is 0 Å². The first-order valence-electron chi connectivity index (χ1n) is 9.27. The highest BCUT2D eigenvalue weighted by atomic mass is 35.5. The van der Waals surface area contributed by atoms with Crippen LogP contribution in [0.5, 0.6) is 0 Å². The van der Waals surface area contributed by atoms with Crippen molar-refractivity contribution in [3.05, 3.63) is 58.3 Å². The number of carbonyl (C=O) groups is 1. The Labute approximate surface area is 174 Å². The third-order valence-electron chi connectivity index (χ3n) is 4.45. The number of nitrogens with zero attached hydrogens (tertiary/aromatic N) is 3. The minimum Gasteiger partial charge on any atom is -0.392 e. The lowest BCUT2D eigenvalue weighted by atomic mass is 10.1. The zero-order chi connectivity index (χ0) is 20.3. The molecule has 3 aromatic rings. The average Bonchev–Trinajstić information content (AvgIpc) is 2.99. The molecule has 0 saturated heterocycles. The Morgan fingerprint density at radius 3 is 2.50 bits per heavy atom. The van der Waals surface area contributed by atoms with Crippen molar-refractivity contribution in [3.8, 4) is 11.3 Å². The highest BCUT2D eigenvalue weighted by Gasteiger charge is 2.21. The van der Waals surface area contributed by atoms with E-state index in [1.54, 1.807) is 36.2 Å². The predicted molar refractivity (Wildman–Crippen MR) is 113 cm³/mol. The number of carbonyl (C=O) groups excluding carboxylic acids is 1. The number of imidazole rings is 1. The second-order valence-corrected chi connectivity index (χ2v) is 7.73. The number of pyridine rings is 1. The van der Waals surface area contributed by atoms with E-state index in [1.807, 2.05) is 29.5 Å². The summed E-state index contributed by atoms with van der Waals surface area (Å²) in [5.41, 5.74) is 3.08. The Morgan fingerprint density at radius 2 is 1.86 bits per heavy atom. The van der Waals surface area contributed by atoms with Gasteiger partial charge in [0.25, 0.3) is 0 Å². The van der Waals surface area contributed by atoms with E-state index in [-0.39, 0.29) is 12.3 Å². The normalized spacial score (nSPS) is 12.3. The molecule has 0 saturated carbocycles. The molecular formula is C21H23Cl2N3O2. The van der Waals surface area contributed by atoms with Crippen molar-refractivity contribution >= 4 is 34.8 Å². The predicted octanol–water partition coefficient (Wildman–Crippen LogP) is 4.47. The van der Waals surface area contributed by atoms with E-state index in [2.05, 4.69) is 0 Å². The summed E-state index contributed by atoms with van der Waals surface area (Å²) in [5.74, 6) is -0.0558. The van der Waals surface area contributed by atoms with Crippen LogP contribution in [-0.2, 0) is 11.2 Å². The number of amides is 1. The number of aliphatic hydroxyl groups is 1. The van der Waals surface area contributed by atoms with Crippen molar-refractivity contribution in [2.75, 3.05) is 13.1 Å². The van der Waals surface area contributed by atoms with Crippen LogP contribution >= 0.6 is 23.2 Å². The molecule has 1 atom stereocenters. The molecule has 2 heterocycles. The van der Waals surface area contributed by atoms with E-state index in [4.69, 9.17) is 28.2 Å². The van der Waals surface area contributed by atoms with Crippen LogP contribution in [0.15, 0.2) is 42.6 Å². The highest BCUT2D eigenvalue weighted by molar-refractivity contribution is 6.30. The van der Waals surface area contributed by atoms with Crippen molar-refractivity contribution in [1.82, 2.24) is 14.3 Å². The smallest absolute Gasteiger partial charge is 0.228 e. The molecule has 1 amide bonds. The monoisotopic (exact) mass is 419 g/mol. The second-order valence-electron chi connectivity index (χ2n) is 6.86. The number of hydrogen-bond donors (Lipinski definition) is 1. The molecule has 3 rings (SSSR count).